The van der Waals surface area contributed by atoms with Crippen molar-refractivity contribution in [3.8, 4) is 5.75 Å². The number of aromatic nitrogens is 2. The molecule has 2 N–H and O–H groups in total. The molecule has 1 saturated carbocycles. The monoisotopic (exact) mass is 381 g/mol. The molecule has 6 heteroatoms. The molecule has 28 heavy (non-hydrogen) atoms. The molecule has 150 valence electrons. The van der Waals surface area contributed by atoms with Gasteiger partial charge in [0.1, 0.15) is 5.75 Å². The molecule has 2 fully saturated rings. The first-order valence-electron chi connectivity index (χ1n) is 10.6. The van der Waals surface area contributed by atoms with Gasteiger partial charge in [-0.05, 0) is 74.9 Å². The van der Waals surface area contributed by atoms with E-state index in [0.29, 0.717) is 11.8 Å². The van der Waals surface area contributed by atoms with Gasteiger partial charge in [0, 0.05) is 50.3 Å². The fraction of sp³-hybridized carbons (Fsp3) is 0.545. The SMILES string of the molecule is Oc1ccc(N2CCN(CC[C@H]3CC[C@H](Nc4ncccn4)CC3)CC2)cc1. The molecule has 0 bridgehead atoms. The van der Waals surface area contributed by atoms with Crippen LogP contribution in [0.3, 0.4) is 0 Å². The highest BCUT2D eigenvalue weighted by Gasteiger charge is 2.23. The zero-order valence-corrected chi connectivity index (χ0v) is 16.5. The van der Waals surface area contributed by atoms with Crippen molar-refractivity contribution in [3.63, 3.8) is 0 Å². The van der Waals surface area contributed by atoms with E-state index >= 15 is 0 Å². The second kappa shape index (κ2) is 9.24. The highest BCUT2D eigenvalue weighted by Crippen LogP contribution is 2.28. The normalized spacial score (nSPS) is 23.5. The summed E-state index contributed by atoms with van der Waals surface area (Å²) in [6, 6.07) is 9.95. The minimum Gasteiger partial charge on any atom is -0.508 e. The number of aromatic hydroxyl groups is 1. The summed E-state index contributed by atoms with van der Waals surface area (Å²) in [6.45, 7) is 5.61. The van der Waals surface area contributed by atoms with E-state index < -0.39 is 0 Å². The Labute approximate surface area is 167 Å². The van der Waals surface area contributed by atoms with Gasteiger partial charge in [0.15, 0.2) is 0 Å². The lowest BCUT2D eigenvalue weighted by atomic mass is 9.84. The largest absolute Gasteiger partial charge is 0.508 e. The number of hydrogen-bond donors (Lipinski definition) is 2. The smallest absolute Gasteiger partial charge is 0.222 e. The van der Waals surface area contributed by atoms with E-state index in [1.807, 2.05) is 18.2 Å². The maximum absolute atomic E-state index is 9.44. The minimum absolute atomic E-state index is 0.337. The lowest BCUT2D eigenvalue weighted by Crippen LogP contribution is -2.47. The molecule has 1 aromatic heterocycles. The first kappa shape index (κ1) is 19.0. The predicted molar refractivity (Wildman–Crippen MR) is 113 cm³/mol. The van der Waals surface area contributed by atoms with Gasteiger partial charge in [-0.15, -0.1) is 0 Å². The van der Waals surface area contributed by atoms with Gasteiger partial charge in [-0.25, -0.2) is 9.97 Å². The van der Waals surface area contributed by atoms with E-state index in [9.17, 15) is 5.11 Å². The molecule has 0 atom stereocenters. The number of nitrogens with zero attached hydrogens (tertiary/aromatic N) is 4. The summed E-state index contributed by atoms with van der Waals surface area (Å²) in [5.74, 6) is 1.95. The fourth-order valence-corrected chi connectivity index (χ4v) is 4.41. The number of piperazine rings is 1. The molecule has 2 aliphatic rings. The molecule has 1 saturated heterocycles. The second-order valence-electron chi connectivity index (χ2n) is 8.07. The van der Waals surface area contributed by atoms with Crippen molar-refractivity contribution < 1.29 is 5.11 Å². The summed E-state index contributed by atoms with van der Waals surface area (Å²) in [5.41, 5.74) is 1.21. The summed E-state index contributed by atoms with van der Waals surface area (Å²) >= 11 is 0. The second-order valence-corrected chi connectivity index (χ2v) is 8.07. The van der Waals surface area contributed by atoms with Gasteiger partial charge in [0.05, 0.1) is 0 Å². The highest BCUT2D eigenvalue weighted by atomic mass is 16.3. The Morgan fingerprint density at radius 2 is 1.61 bits per heavy atom. The van der Waals surface area contributed by atoms with Crippen LogP contribution in [0.5, 0.6) is 5.75 Å². The number of phenols is 1. The van der Waals surface area contributed by atoms with Gasteiger partial charge in [-0.3, -0.25) is 4.90 Å². The molecule has 0 radical (unpaired) electrons. The predicted octanol–water partition coefficient (Wildman–Crippen LogP) is 3.37. The number of phenolic OH excluding ortho intramolecular Hbond substituents is 1. The number of anilines is 2. The number of rotatable bonds is 6. The Hall–Kier alpha value is -2.34. The molecule has 6 nitrogen and oxygen atoms in total. The van der Waals surface area contributed by atoms with Crippen LogP contribution < -0.4 is 10.2 Å². The molecule has 0 amide bonds. The third-order valence-electron chi connectivity index (χ3n) is 6.19. The third kappa shape index (κ3) is 5.13. The molecule has 1 aliphatic carbocycles. The van der Waals surface area contributed by atoms with Gasteiger partial charge in [-0.2, -0.15) is 0 Å². The Bertz CT molecular complexity index is 707. The van der Waals surface area contributed by atoms with Crippen LogP contribution in [0.15, 0.2) is 42.7 Å². The lowest BCUT2D eigenvalue weighted by Gasteiger charge is -2.37. The van der Waals surface area contributed by atoms with Crippen molar-refractivity contribution in [1.29, 1.82) is 0 Å². The Morgan fingerprint density at radius 1 is 0.929 bits per heavy atom. The molecule has 2 aromatic rings. The summed E-state index contributed by atoms with van der Waals surface area (Å²) in [5, 5.41) is 12.9. The molecule has 0 spiro atoms. The molecule has 4 rings (SSSR count). The minimum atomic E-state index is 0.337. The quantitative estimate of drug-likeness (QED) is 0.800. The zero-order chi connectivity index (χ0) is 19.2. The average Bonchev–Trinajstić information content (AvgIpc) is 2.75. The van der Waals surface area contributed by atoms with Gasteiger partial charge < -0.3 is 15.3 Å². The van der Waals surface area contributed by atoms with Crippen molar-refractivity contribution in [3.05, 3.63) is 42.7 Å². The van der Waals surface area contributed by atoms with E-state index in [4.69, 9.17) is 0 Å². The maximum Gasteiger partial charge on any atom is 0.222 e. The maximum atomic E-state index is 9.44. The molecular formula is C22H31N5O. The van der Waals surface area contributed by atoms with Crippen molar-refractivity contribution >= 4 is 11.6 Å². The molecule has 2 heterocycles. The van der Waals surface area contributed by atoms with Crippen LogP contribution in [0.25, 0.3) is 0 Å². The van der Waals surface area contributed by atoms with Gasteiger partial charge in [0.25, 0.3) is 0 Å². The number of nitrogens with one attached hydrogen (secondary N) is 1. The Balaban J connectivity index is 1.14. The van der Waals surface area contributed by atoms with Gasteiger partial charge in [-0.1, -0.05) is 0 Å². The van der Waals surface area contributed by atoms with E-state index in [1.54, 1.807) is 24.5 Å². The van der Waals surface area contributed by atoms with Crippen LogP contribution in [0.2, 0.25) is 0 Å². The van der Waals surface area contributed by atoms with E-state index in [-0.39, 0.29) is 0 Å². The van der Waals surface area contributed by atoms with Crippen LogP contribution in [-0.2, 0) is 0 Å². The average molecular weight is 382 g/mol. The standard InChI is InChI=1S/C22H31N5O/c28-21-8-6-20(7-9-21)27-16-14-26(15-17-27)13-10-18-2-4-19(5-3-18)25-22-23-11-1-12-24-22/h1,6-9,11-12,18-19,28H,2-5,10,13-17H2,(H,23,24,25)/t18-,19-. The van der Waals surface area contributed by atoms with Crippen molar-refractivity contribution in [2.75, 3.05) is 42.9 Å². The van der Waals surface area contributed by atoms with Gasteiger partial charge in [0.2, 0.25) is 5.95 Å². The molecular weight excluding hydrogens is 350 g/mol. The summed E-state index contributed by atoms with van der Waals surface area (Å²) in [4.78, 5) is 13.6. The van der Waals surface area contributed by atoms with Crippen molar-refractivity contribution in [1.82, 2.24) is 14.9 Å². The van der Waals surface area contributed by atoms with Crippen LogP contribution in [0.1, 0.15) is 32.1 Å². The zero-order valence-electron chi connectivity index (χ0n) is 16.5. The van der Waals surface area contributed by atoms with Crippen molar-refractivity contribution in [2.45, 2.75) is 38.1 Å². The first-order valence-corrected chi connectivity index (χ1v) is 10.6. The van der Waals surface area contributed by atoms with Crippen molar-refractivity contribution in [2.24, 2.45) is 5.92 Å². The van der Waals surface area contributed by atoms with E-state index in [1.165, 1.54) is 44.3 Å². The lowest BCUT2D eigenvalue weighted by molar-refractivity contribution is 0.218. The van der Waals surface area contributed by atoms with Crippen LogP contribution in [-0.4, -0.2) is 58.7 Å². The highest BCUT2D eigenvalue weighted by molar-refractivity contribution is 5.49. The Morgan fingerprint density at radius 3 is 2.29 bits per heavy atom. The first-order chi connectivity index (χ1) is 13.8. The van der Waals surface area contributed by atoms with Crippen LogP contribution >= 0.6 is 0 Å². The molecule has 0 unspecified atom stereocenters. The fourth-order valence-electron chi connectivity index (χ4n) is 4.41. The number of benzene rings is 1. The number of hydrogen-bond acceptors (Lipinski definition) is 6. The Kier molecular flexibility index (Phi) is 6.27. The van der Waals surface area contributed by atoms with Crippen LogP contribution in [0.4, 0.5) is 11.6 Å². The molecule has 1 aromatic carbocycles. The summed E-state index contributed by atoms with van der Waals surface area (Å²) < 4.78 is 0. The van der Waals surface area contributed by atoms with E-state index in [2.05, 4.69) is 25.1 Å². The third-order valence-corrected chi connectivity index (χ3v) is 6.19. The van der Waals surface area contributed by atoms with Gasteiger partial charge >= 0.3 is 0 Å². The summed E-state index contributed by atoms with van der Waals surface area (Å²) in [6.07, 6.45) is 9.95. The topological polar surface area (TPSA) is 64.5 Å². The summed E-state index contributed by atoms with van der Waals surface area (Å²) in [7, 11) is 0. The van der Waals surface area contributed by atoms with Crippen LogP contribution in [0, 0.1) is 5.92 Å². The molecule has 1 aliphatic heterocycles. The van der Waals surface area contributed by atoms with E-state index in [0.717, 1.165) is 38.0 Å².